The second-order valence-corrected chi connectivity index (χ2v) is 10.0. The highest BCUT2D eigenvalue weighted by molar-refractivity contribution is 5.50. The fourth-order valence-electron chi connectivity index (χ4n) is 8.62. The van der Waals surface area contributed by atoms with E-state index in [1.807, 2.05) is 6.92 Å². The number of nitrogens with one attached hydrogen (secondary N) is 1. The molecule has 1 aromatic carbocycles. The summed E-state index contributed by atoms with van der Waals surface area (Å²) in [5.74, 6) is 2.63. The number of ether oxygens (including phenoxy) is 1. The highest BCUT2D eigenvalue weighted by atomic mass is 16.5. The largest absolute Gasteiger partial charge is 0.497 e. The fourth-order valence-corrected chi connectivity index (χ4v) is 8.62. The summed E-state index contributed by atoms with van der Waals surface area (Å²) in [5, 5.41) is 14.1. The lowest BCUT2D eigenvalue weighted by atomic mass is 9.43. The molecule has 0 amide bonds. The molecule has 4 fully saturated rings. The molecular formula is C23H32N2O2. The van der Waals surface area contributed by atoms with Gasteiger partial charge in [-0.15, -0.1) is 0 Å². The zero-order valence-corrected chi connectivity index (χ0v) is 16.6. The molecule has 2 heterocycles. The molecule has 2 N–H and O–H groups in total. The Morgan fingerprint density at radius 3 is 3.07 bits per heavy atom. The monoisotopic (exact) mass is 368 g/mol. The van der Waals surface area contributed by atoms with Crippen LogP contribution in [0.15, 0.2) is 18.2 Å². The lowest BCUT2D eigenvalue weighted by molar-refractivity contribution is -0.101. The number of aliphatic hydroxyl groups excluding tert-OH is 1. The third kappa shape index (κ3) is 1.90. The lowest BCUT2D eigenvalue weighted by Crippen LogP contribution is -2.70. The molecule has 4 nitrogen and oxygen atoms in total. The van der Waals surface area contributed by atoms with Crippen LogP contribution in [0.5, 0.6) is 5.75 Å². The summed E-state index contributed by atoms with van der Waals surface area (Å²) in [5.41, 5.74) is 3.87. The minimum absolute atomic E-state index is 0.245. The van der Waals surface area contributed by atoms with Gasteiger partial charge in [0.15, 0.2) is 0 Å². The second kappa shape index (κ2) is 5.49. The lowest BCUT2D eigenvalue weighted by Gasteiger charge is -2.66. The van der Waals surface area contributed by atoms with E-state index in [1.165, 1.54) is 32.2 Å². The van der Waals surface area contributed by atoms with Crippen molar-refractivity contribution >= 4 is 0 Å². The van der Waals surface area contributed by atoms with Gasteiger partial charge in [-0.05, 0) is 92.6 Å². The second-order valence-electron chi connectivity index (χ2n) is 10.0. The van der Waals surface area contributed by atoms with Crippen LogP contribution in [0.3, 0.4) is 0 Å². The van der Waals surface area contributed by atoms with Gasteiger partial charge in [0.25, 0.3) is 0 Å². The number of likely N-dealkylation sites (tertiary alicyclic amines) is 1. The molecule has 2 saturated carbocycles. The van der Waals surface area contributed by atoms with Crippen LogP contribution in [0.4, 0.5) is 0 Å². The van der Waals surface area contributed by atoms with Crippen molar-refractivity contribution in [3.63, 3.8) is 0 Å². The number of nitrogens with zero attached hydrogens (tertiary/aromatic N) is 1. The SMILES string of the molecule is COc1ccc2c(c1)C13CCN(C[C@H](C)O)C(C2)C12CCC1NC[C@@H](C2)C13. The smallest absolute Gasteiger partial charge is 0.119 e. The summed E-state index contributed by atoms with van der Waals surface area (Å²) in [7, 11) is 1.80. The van der Waals surface area contributed by atoms with Gasteiger partial charge < -0.3 is 15.2 Å². The topological polar surface area (TPSA) is 44.7 Å². The number of fused-ring (bicyclic) bond motifs is 1. The van der Waals surface area contributed by atoms with Crippen molar-refractivity contribution in [2.45, 2.75) is 62.6 Å². The molecule has 3 aliphatic carbocycles. The first-order valence-corrected chi connectivity index (χ1v) is 10.9. The van der Waals surface area contributed by atoms with Gasteiger partial charge in [0.05, 0.1) is 13.2 Å². The molecule has 0 radical (unpaired) electrons. The maximum atomic E-state index is 10.2. The normalized spacial score (nSPS) is 45.3. The Morgan fingerprint density at radius 1 is 1.37 bits per heavy atom. The van der Waals surface area contributed by atoms with E-state index in [4.69, 9.17) is 4.74 Å². The molecule has 146 valence electrons. The molecule has 7 atom stereocenters. The van der Waals surface area contributed by atoms with Crippen molar-refractivity contribution in [3.8, 4) is 5.75 Å². The average Bonchev–Trinajstić information content (AvgIpc) is 3.13. The Balaban J connectivity index is 1.57. The number of rotatable bonds is 3. The summed E-state index contributed by atoms with van der Waals surface area (Å²) in [6, 6.07) is 8.18. The quantitative estimate of drug-likeness (QED) is 0.860. The molecule has 4 heteroatoms. The maximum absolute atomic E-state index is 10.2. The molecule has 6 rings (SSSR count). The van der Waals surface area contributed by atoms with Crippen LogP contribution in [0.1, 0.15) is 43.7 Å². The molecule has 0 spiro atoms. The van der Waals surface area contributed by atoms with Gasteiger partial charge in [-0.3, -0.25) is 4.90 Å². The number of hydrogen-bond donors (Lipinski definition) is 2. The molecule has 2 aliphatic heterocycles. The Kier molecular flexibility index (Phi) is 3.42. The van der Waals surface area contributed by atoms with Crippen molar-refractivity contribution in [3.05, 3.63) is 29.3 Å². The first-order valence-electron chi connectivity index (χ1n) is 10.9. The average molecular weight is 369 g/mol. The zero-order valence-electron chi connectivity index (χ0n) is 16.6. The van der Waals surface area contributed by atoms with E-state index in [1.54, 1.807) is 18.2 Å². The van der Waals surface area contributed by atoms with E-state index in [2.05, 4.69) is 28.4 Å². The number of aliphatic hydroxyl groups is 1. The summed E-state index contributed by atoms with van der Waals surface area (Å²) in [6.07, 6.45) is 6.20. The van der Waals surface area contributed by atoms with Crippen LogP contribution < -0.4 is 10.1 Å². The van der Waals surface area contributed by atoms with E-state index in [0.29, 0.717) is 22.9 Å². The minimum Gasteiger partial charge on any atom is -0.497 e. The first-order chi connectivity index (χ1) is 13.1. The predicted molar refractivity (Wildman–Crippen MR) is 105 cm³/mol. The first kappa shape index (κ1) is 16.8. The van der Waals surface area contributed by atoms with Crippen LogP contribution >= 0.6 is 0 Å². The molecule has 2 saturated heterocycles. The van der Waals surface area contributed by atoms with Crippen LogP contribution in [0.2, 0.25) is 0 Å². The minimum atomic E-state index is -0.245. The number of hydrogen-bond acceptors (Lipinski definition) is 4. The van der Waals surface area contributed by atoms with Gasteiger partial charge in [0, 0.05) is 24.0 Å². The standard InChI is InChI=1S/C23H32N2O2/c1-14(26)13-25-8-7-23-18-10-17(27-2)4-3-15(18)9-20(25)22(23)6-5-19-21(23)16(11-22)12-24-19/h3-4,10,14,16,19-21,24,26H,5-9,11-13H2,1-2H3/t14-,16+,19?,20?,21?,22?,23?/m0/s1. The molecule has 0 aromatic heterocycles. The summed E-state index contributed by atoms with van der Waals surface area (Å²) >= 11 is 0. The van der Waals surface area contributed by atoms with Gasteiger partial charge in [-0.25, -0.2) is 0 Å². The van der Waals surface area contributed by atoms with Crippen molar-refractivity contribution in [2.24, 2.45) is 17.3 Å². The summed E-state index contributed by atoms with van der Waals surface area (Å²) in [4.78, 5) is 2.66. The number of piperidine rings is 1. The van der Waals surface area contributed by atoms with Crippen LogP contribution in [0, 0.1) is 17.3 Å². The Labute approximate surface area is 162 Å². The van der Waals surface area contributed by atoms with Gasteiger partial charge in [-0.2, -0.15) is 0 Å². The number of β-amino-alcohol motifs (C(OH)–C–C–N with tert-alkyl or cyclic N) is 1. The van der Waals surface area contributed by atoms with Crippen molar-refractivity contribution in [1.29, 1.82) is 0 Å². The van der Waals surface area contributed by atoms with Gasteiger partial charge in [0.2, 0.25) is 0 Å². The highest BCUT2D eigenvalue weighted by Gasteiger charge is 2.74. The Bertz CT molecular complexity index is 780. The molecule has 4 bridgehead atoms. The van der Waals surface area contributed by atoms with Crippen molar-refractivity contribution in [1.82, 2.24) is 10.2 Å². The fraction of sp³-hybridized carbons (Fsp3) is 0.739. The zero-order chi connectivity index (χ0) is 18.4. The van der Waals surface area contributed by atoms with E-state index in [9.17, 15) is 5.11 Å². The molecule has 5 aliphatic rings. The molecular weight excluding hydrogens is 336 g/mol. The van der Waals surface area contributed by atoms with E-state index in [0.717, 1.165) is 37.1 Å². The Hall–Kier alpha value is -1.10. The predicted octanol–water partition coefficient (Wildman–Crippen LogP) is 2.33. The van der Waals surface area contributed by atoms with E-state index in [-0.39, 0.29) is 6.10 Å². The van der Waals surface area contributed by atoms with Crippen LogP contribution in [-0.4, -0.2) is 54.9 Å². The van der Waals surface area contributed by atoms with Crippen LogP contribution in [0.25, 0.3) is 0 Å². The third-order valence-corrected chi connectivity index (χ3v) is 9.15. The maximum Gasteiger partial charge on any atom is 0.119 e. The van der Waals surface area contributed by atoms with Crippen molar-refractivity contribution < 1.29 is 9.84 Å². The third-order valence-electron chi connectivity index (χ3n) is 9.15. The van der Waals surface area contributed by atoms with Crippen molar-refractivity contribution in [2.75, 3.05) is 26.7 Å². The number of methoxy groups -OCH3 is 1. The van der Waals surface area contributed by atoms with Gasteiger partial charge >= 0.3 is 0 Å². The van der Waals surface area contributed by atoms with Gasteiger partial charge in [-0.1, -0.05) is 6.07 Å². The Morgan fingerprint density at radius 2 is 2.26 bits per heavy atom. The molecule has 27 heavy (non-hydrogen) atoms. The molecule has 5 unspecified atom stereocenters. The summed E-state index contributed by atoms with van der Waals surface area (Å²) < 4.78 is 5.67. The van der Waals surface area contributed by atoms with Gasteiger partial charge in [0.1, 0.15) is 5.75 Å². The summed E-state index contributed by atoms with van der Waals surface area (Å²) in [6.45, 7) is 5.11. The number of benzene rings is 1. The van der Waals surface area contributed by atoms with E-state index < -0.39 is 0 Å². The van der Waals surface area contributed by atoms with E-state index >= 15 is 0 Å². The highest BCUT2D eigenvalue weighted by Crippen LogP contribution is 2.74. The molecule has 1 aromatic rings. The van der Waals surface area contributed by atoms with Crippen LogP contribution in [-0.2, 0) is 11.8 Å².